The van der Waals surface area contributed by atoms with E-state index in [-0.39, 0.29) is 5.78 Å². The van der Waals surface area contributed by atoms with E-state index >= 15 is 0 Å². The molecule has 0 amide bonds. The van der Waals surface area contributed by atoms with Gasteiger partial charge < -0.3 is 9.53 Å². The molecule has 0 N–H and O–H groups in total. The molecule has 0 bridgehead atoms. The monoisotopic (exact) mass is 170 g/mol. The number of hydrogen-bond donors (Lipinski definition) is 0. The Kier molecular flexibility index (Phi) is 5.43. The fourth-order valence-corrected chi connectivity index (χ4v) is 0.818. The Morgan fingerprint density at radius 2 is 2.08 bits per heavy atom. The van der Waals surface area contributed by atoms with Gasteiger partial charge in [0.1, 0.15) is 5.78 Å². The van der Waals surface area contributed by atoms with Gasteiger partial charge in [-0.2, -0.15) is 0 Å². The first kappa shape index (κ1) is 11.2. The highest BCUT2D eigenvalue weighted by Crippen LogP contribution is 2.07. The summed E-state index contributed by atoms with van der Waals surface area (Å²) in [7, 11) is 0. The molecule has 2 heteroatoms. The van der Waals surface area contributed by atoms with E-state index in [0.29, 0.717) is 18.9 Å². The lowest BCUT2D eigenvalue weighted by molar-refractivity contribution is -0.117. The minimum absolute atomic E-state index is 0.247. The minimum Gasteiger partial charge on any atom is -0.499 e. The average Bonchev–Trinajstić information content (AvgIpc) is 1.96. The molecule has 0 aliphatic rings. The highest BCUT2D eigenvalue weighted by Gasteiger charge is 2.03. The molecular formula is C10H18O2. The summed E-state index contributed by atoms with van der Waals surface area (Å²) in [6.45, 7) is 9.83. The standard InChI is InChI=1S/C10H18O2/c1-8(2)12-7-9(3)5-6-10(4)11/h9H,1,5-7H2,2-4H3. The smallest absolute Gasteiger partial charge is 0.129 e. The van der Waals surface area contributed by atoms with Gasteiger partial charge in [-0.25, -0.2) is 0 Å². The lowest BCUT2D eigenvalue weighted by Crippen LogP contribution is -2.06. The van der Waals surface area contributed by atoms with Crippen molar-refractivity contribution in [2.24, 2.45) is 5.92 Å². The Labute approximate surface area is 74.6 Å². The van der Waals surface area contributed by atoms with Gasteiger partial charge in [0.05, 0.1) is 12.4 Å². The van der Waals surface area contributed by atoms with Crippen LogP contribution < -0.4 is 0 Å². The maximum Gasteiger partial charge on any atom is 0.129 e. The van der Waals surface area contributed by atoms with Gasteiger partial charge in [0.25, 0.3) is 0 Å². The summed E-state index contributed by atoms with van der Waals surface area (Å²) in [4.78, 5) is 10.6. The summed E-state index contributed by atoms with van der Waals surface area (Å²) in [6.07, 6.45) is 1.56. The van der Waals surface area contributed by atoms with Crippen LogP contribution in [0.25, 0.3) is 0 Å². The van der Waals surface area contributed by atoms with E-state index in [1.54, 1.807) is 6.92 Å². The van der Waals surface area contributed by atoms with Gasteiger partial charge in [0.2, 0.25) is 0 Å². The molecule has 0 aliphatic heterocycles. The maximum atomic E-state index is 10.6. The highest BCUT2D eigenvalue weighted by molar-refractivity contribution is 5.75. The molecule has 1 unspecified atom stereocenters. The molecule has 0 aliphatic carbocycles. The van der Waals surface area contributed by atoms with Crippen LogP contribution in [0.15, 0.2) is 12.3 Å². The molecule has 0 fully saturated rings. The number of hydrogen-bond acceptors (Lipinski definition) is 2. The fourth-order valence-electron chi connectivity index (χ4n) is 0.818. The third-order valence-corrected chi connectivity index (χ3v) is 1.60. The van der Waals surface area contributed by atoms with E-state index in [0.717, 1.165) is 12.2 Å². The number of Topliss-reactive ketones (excluding diaryl/α,β-unsaturated/α-hetero) is 1. The van der Waals surface area contributed by atoms with E-state index in [9.17, 15) is 4.79 Å². The van der Waals surface area contributed by atoms with Crippen molar-refractivity contribution in [2.75, 3.05) is 6.61 Å². The second-order valence-electron chi connectivity index (χ2n) is 3.36. The summed E-state index contributed by atoms with van der Waals surface area (Å²) in [6, 6.07) is 0. The molecule has 0 heterocycles. The van der Waals surface area contributed by atoms with Crippen LogP contribution in [0.5, 0.6) is 0 Å². The molecule has 12 heavy (non-hydrogen) atoms. The lowest BCUT2D eigenvalue weighted by atomic mass is 10.1. The zero-order valence-electron chi connectivity index (χ0n) is 8.22. The molecule has 0 saturated heterocycles. The van der Waals surface area contributed by atoms with E-state index < -0.39 is 0 Å². The van der Waals surface area contributed by atoms with Gasteiger partial charge in [0, 0.05) is 6.42 Å². The predicted molar refractivity (Wildman–Crippen MR) is 49.8 cm³/mol. The molecular weight excluding hydrogens is 152 g/mol. The molecule has 70 valence electrons. The van der Waals surface area contributed by atoms with Gasteiger partial charge in [-0.3, -0.25) is 0 Å². The van der Waals surface area contributed by atoms with Crippen LogP contribution in [0, 0.1) is 5.92 Å². The van der Waals surface area contributed by atoms with Crippen LogP contribution in [0.1, 0.15) is 33.6 Å². The van der Waals surface area contributed by atoms with Crippen molar-refractivity contribution < 1.29 is 9.53 Å². The Bertz CT molecular complexity index is 143. The molecule has 0 aromatic rings. The van der Waals surface area contributed by atoms with Crippen LogP contribution in [0.4, 0.5) is 0 Å². The van der Waals surface area contributed by atoms with E-state index in [1.165, 1.54) is 0 Å². The van der Waals surface area contributed by atoms with E-state index in [4.69, 9.17) is 4.74 Å². The second-order valence-corrected chi connectivity index (χ2v) is 3.36. The predicted octanol–water partition coefficient (Wildman–Crippen LogP) is 2.54. The average molecular weight is 170 g/mol. The number of ketones is 1. The van der Waals surface area contributed by atoms with E-state index in [1.807, 2.05) is 6.92 Å². The number of carbonyl (C=O) groups is 1. The maximum absolute atomic E-state index is 10.6. The molecule has 0 aromatic heterocycles. The number of allylic oxidation sites excluding steroid dienone is 1. The number of carbonyl (C=O) groups excluding carboxylic acids is 1. The first-order chi connectivity index (χ1) is 5.52. The number of rotatable bonds is 6. The molecule has 0 radical (unpaired) electrons. The Balaban J connectivity index is 3.39. The molecule has 0 rings (SSSR count). The van der Waals surface area contributed by atoms with Crippen LogP contribution in [-0.2, 0) is 9.53 Å². The minimum atomic E-state index is 0.247. The van der Waals surface area contributed by atoms with Crippen molar-refractivity contribution in [2.45, 2.75) is 33.6 Å². The van der Waals surface area contributed by atoms with Crippen LogP contribution in [-0.4, -0.2) is 12.4 Å². The third kappa shape index (κ3) is 7.32. The second kappa shape index (κ2) is 5.81. The first-order valence-electron chi connectivity index (χ1n) is 4.30. The quantitative estimate of drug-likeness (QED) is 0.572. The van der Waals surface area contributed by atoms with Crippen molar-refractivity contribution in [1.82, 2.24) is 0 Å². The normalized spacial score (nSPS) is 12.2. The summed E-state index contributed by atoms with van der Waals surface area (Å²) < 4.78 is 5.23. The topological polar surface area (TPSA) is 26.3 Å². The van der Waals surface area contributed by atoms with E-state index in [2.05, 4.69) is 13.5 Å². The third-order valence-electron chi connectivity index (χ3n) is 1.60. The van der Waals surface area contributed by atoms with Gasteiger partial charge in [-0.05, 0) is 26.2 Å². The van der Waals surface area contributed by atoms with Crippen molar-refractivity contribution in [3.63, 3.8) is 0 Å². The Morgan fingerprint density at radius 3 is 2.50 bits per heavy atom. The van der Waals surface area contributed by atoms with Crippen LogP contribution in [0.3, 0.4) is 0 Å². The SMILES string of the molecule is C=C(C)OCC(C)CCC(C)=O. The largest absolute Gasteiger partial charge is 0.499 e. The Hall–Kier alpha value is -0.790. The van der Waals surface area contributed by atoms with Crippen LogP contribution in [0.2, 0.25) is 0 Å². The molecule has 1 atom stereocenters. The highest BCUT2D eigenvalue weighted by atomic mass is 16.5. The van der Waals surface area contributed by atoms with Gasteiger partial charge in [0.15, 0.2) is 0 Å². The van der Waals surface area contributed by atoms with Crippen molar-refractivity contribution >= 4 is 5.78 Å². The Morgan fingerprint density at radius 1 is 1.50 bits per heavy atom. The number of ether oxygens (including phenoxy) is 1. The first-order valence-corrected chi connectivity index (χ1v) is 4.30. The lowest BCUT2D eigenvalue weighted by Gasteiger charge is -2.11. The van der Waals surface area contributed by atoms with Crippen LogP contribution >= 0.6 is 0 Å². The summed E-state index contributed by atoms with van der Waals surface area (Å²) in [5.74, 6) is 1.42. The molecule has 2 nitrogen and oxygen atoms in total. The fraction of sp³-hybridized carbons (Fsp3) is 0.700. The van der Waals surface area contributed by atoms with Crippen molar-refractivity contribution in [3.05, 3.63) is 12.3 Å². The zero-order valence-corrected chi connectivity index (χ0v) is 8.22. The van der Waals surface area contributed by atoms with Gasteiger partial charge >= 0.3 is 0 Å². The summed E-state index contributed by atoms with van der Waals surface area (Å²) in [5, 5.41) is 0. The summed E-state index contributed by atoms with van der Waals surface area (Å²) >= 11 is 0. The van der Waals surface area contributed by atoms with Gasteiger partial charge in [-0.15, -0.1) is 0 Å². The van der Waals surface area contributed by atoms with Gasteiger partial charge in [-0.1, -0.05) is 13.5 Å². The van der Waals surface area contributed by atoms with Crippen molar-refractivity contribution in [1.29, 1.82) is 0 Å². The summed E-state index contributed by atoms with van der Waals surface area (Å²) in [5.41, 5.74) is 0. The zero-order chi connectivity index (χ0) is 9.56. The molecule has 0 saturated carbocycles. The molecule has 0 spiro atoms. The molecule has 0 aromatic carbocycles. The van der Waals surface area contributed by atoms with Crippen molar-refractivity contribution in [3.8, 4) is 0 Å².